The third-order valence-electron chi connectivity index (χ3n) is 2.88. The first kappa shape index (κ1) is 13.9. The van der Waals surface area contributed by atoms with Gasteiger partial charge in [0, 0.05) is 5.69 Å². The van der Waals surface area contributed by atoms with Crippen molar-refractivity contribution in [2.24, 2.45) is 0 Å². The molecule has 2 aromatic rings. The van der Waals surface area contributed by atoms with Crippen LogP contribution < -0.4 is 15.8 Å². The number of carbonyl (C=O) groups is 1. The van der Waals surface area contributed by atoms with E-state index in [1.807, 2.05) is 0 Å². The van der Waals surface area contributed by atoms with Gasteiger partial charge in [-0.2, -0.15) is 0 Å². The fourth-order valence-electron chi connectivity index (χ4n) is 1.90. The molecule has 2 aromatic carbocycles. The summed E-state index contributed by atoms with van der Waals surface area (Å²) in [6.45, 7) is 1.56. The van der Waals surface area contributed by atoms with Crippen LogP contribution in [0.2, 0.25) is 0 Å². The van der Waals surface area contributed by atoms with Gasteiger partial charge in [0.15, 0.2) is 0 Å². The number of para-hydroxylation sites is 2. The second-order valence-electron chi connectivity index (χ2n) is 4.35. The van der Waals surface area contributed by atoms with Crippen molar-refractivity contribution >= 4 is 17.3 Å². The van der Waals surface area contributed by atoms with Gasteiger partial charge in [0.2, 0.25) is 0 Å². The number of nitrogens with one attached hydrogen (secondary N) is 1. The van der Waals surface area contributed by atoms with Crippen molar-refractivity contribution in [2.45, 2.75) is 6.92 Å². The van der Waals surface area contributed by atoms with Crippen LogP contribution in [0.4, 0.5) is 15.8 Å². The van der Waals surface area contributed by atoms with Gasteiger partial charge in [0.05, 0.1) is 18.4 Å². The van der Waals surface area contributed by atoms with Crippen molar-refractivity contribution in [3.63, 3.8) is 0 Å². The standard InChI is InChI=1S/C15H15FN2O2/c1-9-7-10(17)8-11(14(9)16)15(19)18-12-5-3-4-6-13(12)20-2/h3-8H,17H2,1-2H3,(H,18,19). The van der Waals surface area contributed by atoms with Gasteiger partial charge in [-0.1, -0.05) is 12.1 Å². The molecule has 2 rings (SSSR count). The van der Waals surface area contributed by atoms with Crippen molar-refractivity contribution in [2.75, 3.05) is 18.2 Å². The summed E-state index contributed by atoms with van der Waals surface area (Å²) < 4.78 is 19.1. The van der Waals surface area contributed by atoms with Crippen LogP contribution in [0.5, 0.6) is 5.75 Å². The summed E-state index contributed by atoms with van der Waals surface area (Å²) in [5.74, 6) is -0.643. The Balaban J connectivity index is 2.33. The Morgan fingerprint density at radius 3 is 2.70 bits per heavy atom. The lowest BCUT2D eigenvalue weighted by Gasteiger charge is -2.11. The van der Waals surface area contributed by atoms with E-state index in [4.69, 9.17) is 10.5 Å². The number of halogens is 1. The Bertz CT molecular complexity index is 656. The van der Waals surface area contributed by atoms with Gasteiger partial charge in [-0.25, -0.2) is 4.39 Å². The number of hydrogen-bond acceptors (Lipinski definition) is 3. The summed E-state index contributed by atoms with van der Waals surface area (Å²) in [5, 5.41) is 2.61. The predicted octanol–water partition coefficient (Wildman–Crippen LogP) is 2.98. The van der Waals surface area contributed by atoms with Crippen LogP contribution in [0.3, 0.4) is 0 Å². The zero-order valence-corrected chi connectivity index (χ0v) is 11.2. The summed E-state index contributed by atoms with van der Waals surface area (Å²) in [6, 6.07) is 9.70. The van der Waals surface area contributed by atoms with E-state index in [1.54, 1.807) is 31.2 Å². The zero-order valence-electron chi connectivity index (χ0n) is 11.2. The summed E-state index contributed by atoms with van der Waals surface area (Å²) in [4.78, 5) is 12.1. The summed E-state index contributed by atoms with van der Waals surface area (Å²) >= 11 is 0. The molecule has 0 atom stereocenters. The third kappa shape index (κ3) is 2.71. The number of methoxy groups -OCH3 is 1. The Hall–Kier alpha value is -2.56. The van der Waals surface area contributed by atoms with E-state index in [0.29, 0.717) is 22.7 Å². The minimum Gasteiger partial charge on any atom is -0.495 e. The van der Waals surface area contributed by atoms with Crippen LogP contribution in [0.25, 0.3) is 0 Å². The molecule has 0 aliphatic rings. The van der Waals surface area contributed by atoms with Gasteiger partial charge in [0.25, 0.3) is 5.91 Å². The van der Waals surface area contributed by atoms with Crippen molar-refractivity contribution in [3.05, 3.63) is 53.3 Å². The van der Waals surface area contributed by atoms with Gasteiger partial charge in [-0.05, 0) is 36.8 Å². The molecule has 3 N–H and O–H groups in total. The molecule has 0 bridgehead atoms. The van der Waals surface area contributed by atoms with E-state index in [1.165, 1.54) is 19.2 Å². The van der Waals surface area contributed by atoms with E-state index in [2.05, 4.69) is 5.32 Å². The normalized spacial score (nSPS) is 10.2. The van der Waals surface area contributed by atoms with Crippen molar-refractivity contribution in [3.8, 4) is 5.75 Å². The Morgan fingerprint density at radius 2 is 2.00 bits per heavy atom. The van der Waals surface area contributed by atoms with E-state index in [0.717, 1.165) is 0 Å². The predicted molar refractivity (Wildman–Crippen MR) is 76.5 cm³/mol. The van der Waals surface area contributed by atoms with Crippen LogP contribution in [0, 0.1) is 12.7 Å². The summed E-state index contributed by atoms with van der Waals surface area (Å²) in [5.41, 5.74) is 6.70. The molecule has 0 fully saturated rings. The first-order chi connectivity index (χ1) is 9.52. The number of hydrogen-bond donors (Lipinski definition) is 2. The summed E-state index contributed by atoms with van der Waals surface area (Å²) in [7, 11) is 1.50. The molecule has 0 aliphatic heterocycles. The molecular formula is C15H15FN2O2. The number of ether oxygens (including phenoxy) is 1. The maximum atomic E-state index is 14.0. The van der Waals surface area contributed by atoms with Crippen LogP contribution in [-0.2, 0) is 0 Å². The lowest BCUT2D eigenvalue weighted by molar-refractivity contribution is 0.102. The van der Waals surface area contributed by atoms with Gasteiger partial charge in [-0.15, -0.1) is 0 Å². The highest BCUT2D eigenvalue weighted by Crippen LogP contribution is 2.25. The number of benzene rings is 2. The topological polar surface area (TPSA) is 64.3 Å². The Morgan fingerprint density at radius 1 is 1.30 bits per heavy atom. The fraction of sp³-hybridized carbons (Fsp3) is 0.133. The molecular weight excluding hydrogens is 259 g/mol. The number of rotatable bonds is 3. The van der Waals surface area contributed by atoms with E-state index in [9.17, 15) is 9.18 Å². The van der Waals surface area contributed by atoms with Crippen LogP contribution in [0.15, 0.2) is 36.4 Å². The average molecular weight is 274 g/mol. The van der Waals surface area contributed by atoms with Gasteiger partial charge >= 0.3 is 0 Å². The van der Waals surface area contributed by atoms with E-state index < -0.39 is 11.7 Å². The van der Waals surface area contributed by atoms with E-state index >= 15 is 0 Å². The zero-order chi connectivity index (χ0) is 14.7. The minimum absolute atomic E-state index is 0.0894. The molecule has 4 nitrogen and oxygen atoms in total. The molecule has 0 saturated carbocycles. The molecule has 5 heteroatoms. The maximum Gasteiger partial charge on any atom is 0.258 e. The lowest BCUT2D eigenvalue weighted by atomic mass is 10.1. The quantitative estimate of drug-likeness (QED) is 0.846. The SMILES string of the molecule is COc1ccccc1NC(=O)c1cc(N)cc(C)c1F. The highest BCUT2D eigenvalue weighted by molar-refractivity contribution is 6.05. The molecule has 0 heterocycles. The lowest BCUT2D eigenvalue weighted by Crippen LogP contribution is -2.15. The molecule has 0 aliphatic carbocycles. The van der Waals surface area contributed by atoms with Gasteiger partial charge < -0.3 is 15.8 Å². The van der Waals surface area contributed by atoms with Crippen LogP contribution in [-0.4, -0.2) is 13.0 Å². The van der Waals surface area contributed by atoms with Crippen molar-refractivity contribution < 1.29 is 13.9 Å². The second kappa shape index (κ2) is 5.61. The number of amides is 1. The highest BCUT2D eigenvalue weighted by Gasteiger charge is 2.16. The summed E-state index contributed by atoms with van der Waals surface area (Å²) in [6.07, 6.45) is 0. The molecule has 0 spiro atoms. The number of nitrogens with two attached hydrogens (primary N) is 1. The second-order valence-corrected chi connectivity index (χ2v) is 4.35. The fourth-order valence-corrected chi connectivity index (χ4v) is 1.90. The molecule has 104 valence electrons. The Labute approximate surface area is 116 Å². The molecule has 0 unspecified atom stereocenters. The molecule has 0 radical (unpaired) electrons. The Kier molecular flexibility index (Phi) is 3.89. The van der Waals surface area contributed by atoms with Crippen molar-refractivity contribution in [1.82, 2.24) is 0 Å². The molecule has 0 aromatic heterocycles. The average Bonchev–Trinajstić information content (AvgIpc) is 2.43. The highest BCUT2D eigenvalue weighted by atomic mass is 19.1. The van der Waals surface area contributed by atoms with Crippen molar-refractivity contribution in [1.29, 1.82) is 0 Å². The number of nitrogen functional groups attached to an aromatic ring is 1. The van der Waals surface area contributed by atoms with Crippen LogP contribution >= 0.6 is 0 Å². The molecule has 0 saturated heterocycles. The smallest absolute Gasteiger partial charge is 0.258 e. The minimum atomic E-state index is -0.577. The monoisotopic (exact) mass is 274 g/mol. The number of carbonyl (C=O) groups excluding carboxylic acids is 1. The largest absolute Gasteiger partial charge is 0.495 e. The maximum absolute atomic E-state index is 14.0. The first-order valence-corrected chi connectivity index (χ1v) is 6.03. The number of anilines is 2. The van der Waals surface area contributed by atoms with Gasteiger partial charge in [0.1, 0.15) is 11.6 Å². The number of aryl methyl sites for hydroxylation is 1. The van der Waals surface area contributed by atoms with E-state index in [-0.39, 0.29) is 5.56 Å². The van der Waals surface area contributed by atoms with Crippen LogP contribution in [0.1, 0.15) is 15.9 Å². The molecule has 1 amide bonds. The first-order valence-electron chi connectivity index (χ1n) is 6.03. The third-order valence-corrected chi connectivity index (χ3v) is 2.88. The van der Waals surface area contributed by atoms with Gasteiger partial charge in [-0.3, -0.25) is 4.79 Å². The molecule has 20 heavy (non-hydrogen) atoms.